The standard InChI is InChI=1S/C10H15N3O2S/c1-3-5-7(9(14)15)11-10-12-8(6-4-2)13-16-10/h3,7H,1,4-6H2,2H3,(H,14,15)(H,11,12,13). The normalized spacial score (nSPS) is 12.1. The van der Waals surface area contributed by atoms with Crippen LogP contribution in [-0.2, 0) is 11.2 Å². The molecule has 0 saturated carbocycles. The summed E-state index contributed by atoms with van der Waals surface area (Å²) in [6.07, 6.45) is 3.72. The van der Waals surface area contributed by atoms with Crippen molar-refractivity contribution < 1.29 is 9.90 Å². The molecule has 0 aromatic carbocycles. The monoisotopic (exact) mass is 241 g/mol. The minimum Gasteiger partial charge on any atom is -0.480 e. The van der Waals surface area contributed by atoms with Crippen LogP contribution in [0.5, 0.6) is 0 Å². The molecule has 0 bridgehead atoms. The molecule has 88 valence electrons. The number of anilines is 1. The molecule has 0 amide bonds. The van der Waals surface area contributed by atoms with Crippen molar-refractivity contribution in [2.45, 2.75) is 32.2 Å². The number of nitrogens with one attached hydrogen (secondary N) is 1. The average molecular weight is 241 g/mol. The molecule has 0 saturated heterocycles. The maximum absolute atomic E-state index is 10.9. The van der Waals surface area contributed by atoms with E-state index in [0.29, 0.717) is 11.6 Å². The summed E-state index contributed by atoms with van der Waals surface area (Å²) in [6.45, 7) is 5.57. The van der Waals surface area contributed by atoms with Gasteiger partial charge in [0.1, 0.15) is 11.9 Å². The van der Waals surface area contributed by atoms with Crippen LogP contribution in [0.2, 0.25) is 0 Å². The highest BCUT2D eigenvalue weighted by molar-refractivity contribution is 7.09. The molecular weight excluding hydrogens is 226 g/mol. The van der Waals surface area contributed by atoms with E-state index < -0.39 is 12.0 Å². The van der Waals surface area contributed by atoms with E-state index >= 15 is 0 Å². The number of aromatic nitrogens is 2. The van der Waals surface area contributed by atoms with E-state index in [0.717, 1.165) is 18.7 Å². The molecule has 0 aliphatic heterocycles. The number of nitrogens with zero attached hydrogens (tertiary/aromatic N) is 2. The number of aryl methyl sites for hydroxylation is 1. The summed E-state index contributed by atoms with van der Waals surface area (Å²) in [5.74, 6) is -0.148. The summed E-state index contributed by atoms with van der Waals surface area (Å²) in [7, 11) is 0. The van der Waals surface area contributed by atoms with Gasteiger partial charge >= 0.3 is 5.97 Å². The first-order chi connectivity index (χ1) is 7.67. The Morgan fingerprint density at radius 1 is 1.75 bits per heavy atom. The zero-order valence-electron chi connectivity index (χ0n) is 9.14. The second-order valence-corrected chi connectivity index (χ2v) is 4.08. The molecule has 0 spiro atoms. The lowest BCUT2D eigenvalue weighted by molar-refractivity contribution is -0.137. The number of carboxylic acids is 1. The second kappa shape index (κ2) is 6.22. The van der Waals surface area contributed by atoms with Gasteiger partial charge in [-0.1, -0.05) is 13.0 Å². The first kappa shape index (κ1) is 12.6. The van der Waals surface area contributed by atoms with Crippen molar-refractivity contribution in [3.63, 3.8) is 0 Å². The van der Waals surface area contributed by atoms with Gasteiger partial charge in [0, 0.05) is 18.0 Å². The van der Waals surface area contributed by atoms with Gasteiger partial charge in [-0.2, -0.15) is 4.37 Å². The van der Waals surface area contributed by atoms with Crippen LogP contribution in [0.15, 0.2) is 12.7 Å². The lowest BCUT2D eigenvalue weighted by Crippen LogP contribution is -2.28. The van der Waals surface area contributed by atoms with Crippen LogP contribution in [0.4, 0.5) is 5.13 Å². The first-order valence-electron chi connectivity index (χ1n) is 5.10. The quantitative estimate of drug-likeness (QED) is 0.713. The minimum absolute atomic E-state index is 0.359. The summed E-state index contributed by atoms with van der Waals surface area (Å²) in [5.41, 5.74) is 0. The van der Waals surface area contributed by atoms with Gasteiger partial charge in [-0.3, -0.25) is 0 Å². The third-order valence-electron chi connectivity index (χ3n) is 1.94. The van der Waals surface area contributed by atoms with E-state index in [9.17, 15) is 4.79 Å². The summed E-state index contributed by atoms with van der Waals surface area (Å²) in [4.78, 5) is 15.1. The number of aliphatic carboxylic acids is 1. The fourth-order valence-corrected chi connectivity index (χ4v) is 1.84. The number of carboxylic acid groups (broad SMARTS) is 1. The molecule has 0 fully saturated rings. The predicted molar refractivity (Wildman–Crippen MR) is 63.8 cm³/mol. The van der Waals surface area contributed by atoms with Gasteiger partial charge in [0.05, 0.1) is 0 Å². The van der Waals surface area contributed by atoms with E-state index in [2.05, 4.69) is 21.3 Å². The Morgan fingerprint density at radius 2 is 2.50 bits per heavy atom. The minimum atomic E-state index is -0.910. The Labute approximate surface area is 98.4 Å². The third-order valence-corrected chi connectivity index (χ3v) is 2.62. The SMILES string of the molecule is C=CCC(Nc1nc(CCC)ns1)C(=O)O. The van der Waals surface area contributed by atoms with Crippen LogP contribution in [0.3, 0.4) is 0 Å². The molecule has 2 N–H and O–H groups in total. The largest absolute Gasteiger partial charge is 0.480 e. The van der Waals surface area contributed by atoms with Gasteiger partial charge in [-0.05, 0) is 12.8 Å². The zero-order valence-corrected chi connectivity index (χ0v) is 9.96. The van der Waals surface area contributed by atoms with Crippen molar-refractivity contribution in [2.75, 3.05) is 5.32 Å². The van der Waals surface area contributed by atoms with Crippen LogP contribution < -0.4 is 5.32 Å². The molecule has 0 aliphatic carbocycles. The summed E-state index contributed by atoms with van der Waals surface area (Å²) >= 11 is 1.19. The Hall–Kier alpha value is -1.43. The predicted octanol–water partition coefficient (Wildman–Crippen LogP) is 1.93. The second-order valence-electron chi connectivity index (χ2n) is 3.33. The van der Waals surface area contributed by atoms with Gasteiger partial charge in [0.15, 0.2) is 0 Å². The van der Waals surface area contributed by atoms with Crippen molar-refractivity contribution in [1.82, 2.24) is 9.36 Å². The van der Waals surface area contributed by atoms with E-state index in [1.807, 2.05) is 6.92 Å². The molecular formula is C10H15N3O2S. The third kappa shape index (κ3) is 3.62. The Balaban J connectivity index is 2.62. The van der Waals surface area contributed by atoms with Crippen LogP contribution in [0.25, 0.3) is 0 Å². The van der Waals surface area contributed by atoms with Crippen molar-refractivity contribution >= 4 is 22.6 Å². The number of carbonyl (C=O) groups is 1. The summed E-state index contributed by atoms with van der Waals surface area (Å²) in [5, 5.41) is 12.3. The molecule has 1 rings (SSSR count). The van der Waals surface area contributed by atoms with Gasteiger partial charge < -0.3 is 10.4 Å². The van der Waals surface area contributed by atoms with Crippen molar-refractivity contribution in [1.29, 1.82) is 0 Å². The fourth-order valence-electron chi connectivity index (χ4n) is 1.17. The van der Waals surface area contributed by atoms with Gasteiger partial charge in [0.2, 0.25) is 5.13 Å². The molecule has 0 aliphatic rings. The molecule has 1 aromatic heterocycles. The van der Waals surface area contributed by atoms with E-state index in [4.69, 9.17) is 5.11 Å². The van der Waals surface area contributed by atoms with E-state index in [1.54, 1.807) is 6.08 Å². The van der Waals surface area contributed by atoms with Crippen LogP contribution in [0, 0.1) is 0 Å². The van der Waals surface area contributed by atoms with Crippen LogP contribution in [-0.4, -0.2) is 26.5 Å². The highest BCUT2D eigenvalue weighted by Gasteiger charge is 2.17. The van der Waals surface area contributed by atoms with Crippen molar-refractivity contribution in [3.8, 4) is 0 Å². The number of hydrogen-bond acceptors (Lipinski definition) is 5. The van der Waals surface area contributed by atoms with Gasteiger partial charge in [-0.15, -0.1) is 6.58 Å². The molecule has 1 aromatic rings. The molecule has 5 nitrogen and oxygen atoms in total. The number of rotatable bonds is 7. The molecule has 0 radical (unpaired) electrons. The zero-order chi connectivity index (χ0) is 12.0. The highest BCUT2D eigenvalue weighted by atomic mass is 32.1. The molecule has 6 heteroatoms. The molecule has 1 heterocycles. The van der Waals surface area contributed by atoms with Crippen molar-refractivity contribution in [2.24, 2.45) is 0 Å². The van der Waals surface area contributed by atoms with Gasteiger partial charge in [0.25, 0.3) is 0 Å². The number of hydrogen-bond donors (Lipinski definition) is 2. The fraction of sp³-hybridized carbons (Fsp3) is 0.500. The topological polar surface area (TPSA) is 75.1 Å². The van der Waals surface area contributed by atoms with Crippen LogP contribution >= 0.6 is 11.5 Å². The lowest BCUT2D eigenvalue weighted by Gasteiger charge is -2.09. The lowest BCUT2D eigenvalue weighted by atomic mass is 10.2. The average Bonchev–Trinajstić information content (AvgIpc) is 2.65. The summed E-state index contributed by atoms with van der Waals surface area (Å²) < 4.78 is 4.13. The molecule has 1 atom stereocenters. The smallest absolute Gasteiger partial charge is 0.326 e. The Bertz CT molecular complexity index is 365. The molecule has 16 heavy (non-hydrogen) atoms. The van der Waals surface area contributed by atoms with Crippen molar-refractivity contribution in [3.05, 3.63) is 18.5 Å². The summed E-state index contributed by atoms with van der Waals surface area (Å²) in [6, 6.07) is -0.681. The maximum atomic E-state index is 10.9. The first-order valence-corrected chi connectivity index (χ1v) is 5.87. The Morgan fingerprint density at radius 3 is 3.06 bits per heavy atom. The van der Waals surface area contributed by atoms with Gasteiger partial charge in [-0.25, -0.2) is 9.78 Å². The highest BCUT2D eigenvalue weighted by Crippen LogP contribution is 2.14. The van der Waals surface area contributed by atoms with E-state index in [1.165, 1.54) is 11.5 Å². The van der Waals surface area contributed by atoms with Crippen LogP contribution in [0.1, 0.15) is 25.6 Å². The Kier molecular flexibility index (Phi) is 4.91. The maximum Gasteiger partial charge on any atom is 0.326 e. The molecule has 1 unspecified atom stereocenters. The van der Waals surface area contributed by atoms with E-state index in [-0.39, 0.29) is 0 Å².